The van der Waals surface area contributed by atoms with Crippen molar-refractivity contribution >= 4 is 44.6 Å². The number of carboxylic acid groups (broad SMARTS) is 1. The molecule has 32 heavy (non-hydrogen) atoms. The normalized spacial score (nSPS) is 11.1. The Hall–Kier alpha value is -4.32. The number of para-hydroxylation sites is 1. The Balaban J connectivity index is 1.72. The molecular formula is C26H20N2O4. The average molecular weight is 424 g/mol. The topological polar surface area (TPSA) is 80.6 Å². The monoisotopic (exact) mass is 424 g/mol. The van der Waals surface area contributed by atoms with E-state index in [1.807, 2.05) is 84.9 Å². The molecule has 0 aliphatic heterocycles. The third-order valence-electron chi connectivity index (χ3n) is 5.47. The molecule has 6 nitrogen and oxygen atoms in total. The Morgan fingerprint density at radius 1 is 0.844 bits per heavy atom. The van der Waals surface area contributed by atoms with Gasteiger partial charge in [-0.3, -0.25) is 4.57 Å². The molecule has 0 bridgehead atoms. The number of aromatic nitrogens is 1. The molecule has 5 aromatic rings. The molecule has 158 valence electrons. The van der Waals surface area contributed by atoms with Crippen molar-refractivity contribution in [3.05, 3.63) is 90.5 Å². The van der Waals surface area contributed by atoms with Gasteiger partial charge in [0.2, 0.25) is 0 Å². The first-order valence-corrected chi connectivity index (χ1v) is 10.2. The molecule has 2 N–H and O–H groups in total. The van der Waals surface area contributed by atoms with E-state index in [1.165, 1.54) is 0 Å². The van der Waals surface area contributed by atoms with Crippen LogP contribution in [0.4, 0.5) is 4.79 Å². The standard InChI is InChI=1S/C26H20N2O4/c29-23(30)16-32-25-19-11-5-4-10-18(19)14-22-24(25)20-12-6-7-13-21(20)28(22)26(31)27-15-17-8-2-1-3-9-17/h1-14H,15-16H2,(H,27,31)(H,29,30). The van der Waals surface area contributed by atoms with Crippen molar-refractivity contribution in [2.45, 2.75) is 6.54 Å². The Bertz CT molecular complexity index is 1470. The van der Waals surface area contributed by atoms with Crippen LogP contribution >= 0.6 is 0 Å². The fraction of sp³-hybridized carbons (Fsp3) is 0.0769. The molecule has 0 radical (unpaired) electrons. The van der Waals surface area contributed by atoms with E-state index in [1.54, 1.807) is 4.57 Å². The van der Waals surface area contributed by atoms with Crippen molar-refractivity contribution in [3.63, 3.8) is 0 Å². The number of carbonyl (C=O) groups is 2. The van der Waals surface area contributed by atoms with Gasteiger partial charge in [0.15, 0.2) is 6.61 Å². The average Bonchev–Trinajstić information content (AvgIpc) is 3.15. The zero-order valence-electron chi connectivity index (χ0n) is 17.1. The van der Waals surface area contributed by atoms with Crippen LogP contribution in [0.2, 0.25) is 0 Å². The first kappa shape index (κ1) is 19.6. The fourth-order valence-electron chi connectivity index (χ4n) is 4.10. The van der Waals surface area contributed by atoms with Crippen LogP contribution in [-0.4, -0.2) is 28.3 Å². The van der Waals surface area contributed by atoms with Crippen molar-refractivity contribution in [2.75, 3.05) is 6.61 Å². The van der Waals surface area contributed by atoms with Crippen LogP contribution in [0.1, 0.15) is 5.56 Å². The van der Waals surface area contributed by atoms with Crippen LogP contribution in [0, 0.1) is 0 Å². The van der Waals surface area contributed by atoms with Crippen LogP contribution < -0.4 is 10.1 Å². The molecule has 5 rings (SSSR count). The van der Waals surface area contributed by atoms with Crippen LogP contribution in [0.5, 0.6) is 5.75 Å². The molecule has 0 fully saturated rings. The number of hydrogen-bond donors (Lipinski definition) is 2. The van der Waals surface area contributed by atoms with E-state index in [4.69, 9.17) is 4.74 Å². The number of carboxylic acids is 1. The summed E-state index contributed by atoms with van der Waals surface area (Å²) in [6.45, 7) is -0.0769. The molecule has 0 unspecified atom stereocenters. The number of rotatable bonds is 5. The van der Waals surface area contributed by atoms with Gasteiger partial charge in [0.25, 0.3) is 0 Å². The van der Waals surface area contributed by atoms with E-state index in [2.05, 4.69) is 5.32 Å². The summed E-state index contributed by atoms with van der Waals surface area (Å²) in [6, 6.07) is 26.6. The maximum atomic E-state index is 13.3. The Morgan fingerprint density at radius 3 is 2.31 bits per heavy atom. The molecule has 4 aromatic carbocycles. The summed E-state index contributed by atoms with van der Waals surface area (Å²) in [4.78, 5) is 24.6. The van der Waals surface area contributed by atoms with Gasteiger partial charge in [-0.15, -0.1) is 0 Å². The highest BCUT2D eigenvalue weighted by Crippen LogP contribution is 2.41. The lowest BCUT2D eigenvalue weighted by atomic mass is 10.0. The number of hydrogen-bond acceptors (Lipinski definition) is 3. The van der Waals surface area contributed by atoms with Gasteiger partial charge in [0.05, 0.1) is 16.4 Å². The fourth-order valence-corrected chi connectivity index (χ4v) is 4.10. The maximum absolute atomic E-state index is 13.3. The highest BCUT2D eigenvalue weighted by atomic mass is 16.5. The van der Waals surface area contributed by atoms with E-state index in [-0.39, 0.29) is 6.03 Å². The van der Waals surface area contributed by atoms with E-state index in [0.29, 0.717) is 17.8 Å². The predicted octanol–water partition coefficient (Wildman–Crippen LogP) is 5.17. The van der Waals surface area contributed by atoms with E-state index in [0.717, 1.165) is 32.6 Å². The van der Waals surface area contributed by atoms with Crippen LogP contribution in [-0.2, 0) is 11.3 Å². The summed E-state index contributed by atoms with van der Waals surface area (Å²) in [5, 5.41) is 15.4. The largest absolute Gasteiger partial charge is 0.481 e. The first-order chi connectivity index (χ1) is 15.6. The minimum absolute atomic E-state index is 0.264. The van der Waals surface area contributed by atoms with Crippen LogP contribution in [0.3, 0.4) is 0 Å². The second-order valence-electron chi connectivity index (χ2n) is 7.50. The maximum Gasteiger partial charge on any atom is 0.341 e. The lowest BCUT2D eigenvalue weighted by molar-refractivity contribution is -0.139. The third-order valence-corrected chi connectivity index (χ3v) is 5.47. The van der Waals surface area contributed by atoms with Gasteiger partial charge in [0.1, 0.15) is 5.75 Å². The lowest BCUT2D eigenvalue weighted by Gasteiger charge is -2.12. The molecule has 1 amide bonds. The Kier molecular flexibility index (Phi) is 4.95. The zero-order valence-corrected chi connectivity index (χ0v) is 17.1. The number of nitrogens with zero attached hydrogens (tertiary/aromatic N) is 1. The molecular weight excluding hydrogens is 404 g/mol. The smallest absolute Gasteiger partial charge is 0.341 e. The van der Waals surface area contributed by atoms with Crippen molar-refractivity contribution < 1.29 is 19.4 Å². The SMILES string of the molecule is O=C(O)COc1c2ccccc2cc2c1c1ccccc1n2C(=O)NCc1ccccc1. The second-order valence-corrected chi connectivity index (χ2v) is 7.50. The van der Waals surface area contributed by atoms with E-state index in [9.17, 15) is 14.7 Å². The molecule has 0 atom stereocenters. The summed E-state index contributed by atoms with van der Waals surface area (Å²) in [7, 11) is 0. The third kappa shape index (κ3) is 3.41. The van der Waals surface area contributed by atoms with Gasteiger partial charge >= 0.3 is 12.0 Å². The van der Waals surface area contributed by atoms with E-state index < -0.39 is 12.6 Å². The summed E-state index contributed by atoms with van der Waals surface area (Å²) < 4.78 is 7.41. The van der Waals surface area contributed by atoms with Crippen molar-refractivity contribution in [3.8, 4) is 5.75 Å². The quantitative estimate of drug-likeness (QED) is 0.408. The number of benzene rings is 4. The molecule has 0 aliphatic carbocycles. The van der Waals surface area contributed by atoms with Crippen molar-refractivity contribution in [1.29, 1.82) is 0 Å². The Morgan fingerprint density at radius 2 is 1.53 bits per heavy atom. The minimum atomic E-state index is -1.06. The Labute approximate surface area is 183 Å². The minimum Gasteiger partial charge on any atom is -0.481 e. The van der Waals surface area contributed by atoms with Gasteiger partial charge in [0, 0.05) is 17.3 Å². The van der Waals surface area contributed by atoms with Gasteiger partial charge in [-0.05, 0) is 23.1 Å². The molecule has 0 aliphatic rings. The van der Waals surface area contributed by atoms with Gasteiger partial charge in [-0.2, -0.15) is 0 Å². The van der Waals surface area contributed by atoms with E-state index >= 15 is 0 Å². The number of nitrogens with one attached hydrogen (secondary N) is 1. The predicted molar refractivity (Wildman–Crippen MR) is 124 cm³/mol. The van der Waals surface area contributed by atoms with Crippen LogP contribution in [0.15, 0.2) is 84.9 Å². The first-order valence-electron chi connectivity index (χ1n) is 10.2. The number of ether oxygens (including phenoxy) is 1. The summed E-state index contributed by atoms with van der Waals surface area (Å²) in [6.07, 6.45) is 0. The molecule has 0 saturated heterocycles. The highest BCUT2D eigenvalue weighted by molar-refractivity contribution is 6.20. The van der Waals surface area contributed by atoms with Gasteiger partial charge in [-0.25, -0.2) is 9.59 Å². The molecule has 1 aromatic heterocycles. The molecule has 1 heterocycles. The zero-order chi connectivity index (χ0) is 22.1. The van der Waals surface area contributed by atoms with Crippen molar-refractivity contribution in [2.24, 2.45) is 0 Å². The molecule has 0 saturated carbocycles. The second kappa shape index (κ2) is 8.07. The van der Waals surface area contributed by atoms with Gasteiger partial charge in [-0.1, -0.05) is 72.8 Å². The molecule has 0 spiro atoms. The summed E-state index contributed by atoms with van der Waals surface area (Å²) in [5.74, 6) is -0.596. The van der Waals surface area contributed by atoms with Crippen molar-refractivity contribution in [1.82, 2.24) is 9.88 Å². The van der Waals surface area contributed by atoms with Crippen LogP contribution in [0.25, 0.3) is 32.6 Å². The summed E-state index contributed by atoms with van der Waals surface area (Å²) in [5.41, 5.74) is 2.39. The number of amides is 1. The number of aliphatic carboxylic acids is 1. The molecule has 6 heteroatoms. The lowest BCUT2D eigenvalue weighted by Crippen LogP contribution is -2.27. The van der Waals surface area contributed by atoms with Gasteiger partial charge < -0.3 is 15.2 Å². The number of carbonyl (C=O) groups excluding carboxylic acids is 1. The number of fused-ring (bicyclic) bond motifs is 4. The highest BCUT2D eigenvalue weighted by Gasteiger charge is 2.21. The summed E-state index contributed by atoms with van der Waals surface area (Å²) >= 11 is 0.